The average Bonchev–Trinajstić information content (AvgIpc) is 3.18. The van der Waals surface area contributed by atoms with Crippen LogP contribution in [0, 0.1) is 5.82 Å². The Kier molecular flexibility index (Phi) is 4.17. The molecule has 2 aliphatic rings. The highest BCUT2D eigenvalue weighted by molar-refractivity contribution is 7.15. The van der Waals surface area contributed by atoms with Gasteiger partial charge in [-0.3, -0.25) is 0 Å². The van der Waals surface area contributed by atoms with E-state index in [1.165, 1.54) is 49.0 Å². The van der Waals surface area contributed by atoms with Crippen LogP contribution >= 0.6 is 11.3 Å². The molecule has 0 saturated heterocycles. The molecule has 0 unspecified atom stereocenters. The van der Waals surface area contributed by atoms with Gasteiger partial charge >= 0.3 is 0 Å². The summed E-state index contributed by atoms with van der Waals surface area (Å²) in [6.45, 7) is 0. The number of halogens is 1. The van der Waals surface area contributed by atoms with Crippen molar-refractivity contribution in [3.05, 3.63) is 70.9 Å². The molecule has 0 nitrogen and oxygen atoms in total. The molecule has 0 spiro atoms. The lowest BCUT2D eigenvalue weighted by Crippen LogP contribution is -1.92. The fourth-order valence-corrected chi connectivity index (χ4v) is 5.39. The summed E-state index contributed by atoms with van der Waals surface area (Å²) in [5.41, 5.74) is 4.23. The third kappa shape index (κ3) is 3.12. The van der Waals surface area contributed by atoms with E-state index in [0.717, 1.165) is 33.4 Å². The van der Waals surface area contributed by atoms with Crippen LogP contribution in [0.4, 0.5) is 4.39 Å². The van der Waals surface area contributed by atoms with Crippen molar-refractivity contribution in [1.29, 1.82) is 0 Å². The zero-order valence-corrected chi connectivity index (χ0v) is 15.7. The first-order chi connectivity index (χ1) is 12.8. The lowest BCUT2D eigenvalue weighted by atomic mass is 9.95. The van der Waals surface area contributed by atoms with Crippen molar-refractivity contribution < 1.29 is 4.39 Å². The molecule has 5 rings (SSSR count). The maximum absolute atomic E-state index is 14.8. The molecule has 0 radical (unpaired) electrons. The number of hydrogen-bond donors (Lipinski definition) is 0. The van der Waals surface area contributed by atoms with Gasteiger partial charge in [0.1, 0.15) is 5.82 Å². The van der Waals surface area contributed by atoms with E-state index >= 15 is 0 Å². The molecule has 2 fully saturated rings. The third-order valence-corrected chi connectivity index (χ3v) is 7.19. The molecule has 1 aromatic heterocycles. The zero-order valence-electron chi connectivity index (χ0n) is 14.9. The van der Waals surface area contributed by atoms with Gasteiger partial charge in [-0.2, -0.15) is 0 Å². The second-order valence-electron chi connectivity index (χ2n) is 7.77. The molecular formula is C24H23FS. The second-order valence-corrected chi connectivity index (χ2v) is 8.89. The third-order valence-electron chi connectivity index (χ3n) is 5.91. The van der Waals surface area contributed by atoms with Crippen LogP contribution in [0.3, 0.4) is 0 Å². The van der Waals surface area contributed by atoms with Gasteiger partial charge in [0.2, 0.25) is 0 Å². The number of hydrogen-bond acceptors (Lipinski definition) is 1. The van der Waals surface area contributed by atoms with E-state index in [9.17, 15) is 4.39 Å². The van der Waals surface area contributed by atoms with E-state index in [2.05, 4.69) is 42.5 Å². The maximum Gasteiger partial charge on any atom is 0.132 e. The van der Waals surface area contributed by atoms with E-state index < -0.39 is 0 Å². The largest absolute Gasteiger partial charge is 0.206 e. The minimum Gasteiger partial charge on any atom is -0.206 e. The zero-order chi connectivity index (χ0) is 17.5. The Balaban J connectivity index is 1.40. The Morgan fingerprint density at radius 2 is 1.46 bits per heavy atom. The Labute approximate surface area is 158 Å². The summed E-state index contributed by atoms with van der Waals surface area (Å²) in [7, 11) is 0. The summed E-state index contributed by atoms with van der Waals surface area (Å²) in [5.74, 6) is 1.34. The molecule has 1 heterocycles. The van der Waals surface area contributed by atoms with Crippen LogP contribution in [-0.4, -0.2) is 0 Å². The quantitative estimate of drug-likeness (QED) is 0.445. The van der Waals surface area contributed by atoms with Crippen molar-refractivity contribution in [2.75, 3.05) is 0 Å². The lowest BCUT2D eigenvalue weighted by Gasteiger charge is -2.11. The van der Waals surface area contributed by atoms with Crippen molar-refractivity contribution >= 4 is 11.3 Å². The van der Waals surface area contributed by atoms with Gasteiger partial charge < -0.3 is 0 Å². The summed E-state index contributed by atoms with van der Waals surface area (Å²) < 4.78 is 14.8. The number of benzene rings is 2. The Morgan fingerprint density at radius 1 is 0.731 bits per heavy atom. The normalized spacial score (nSPS) is 17.7. The lowest BCUT2D eigenvalue weighted by molar-refractivity contribution is 0.632. The monoisotopic (exact) mass is 362 g/mol. The minimum absolute atomic E-state index is 0.119. The summed E-state index contributed by atoms with van der Waals surface area (Å²) in [6.07, 6.45) is 7.91. The molecule has 0 bridgehead atoms. The first-order valence-electron chi connectivity index (χ1n) is 9.78. The molecule has 2 heteroatoms. The van der Waals surface area contributed by atoms with Crippen molar-refractivity contribution in [1.82, 2.24) is 0 Å². The van der Waals surface area contributed by atoms with Crippen molar-refractivity contribution in [2.45, 2.75) is 50.4 Å². The van der Waals surface area contributed by atoms with Crippen LogP contribution in [0.15, 0.2) is 54.6 Å². The highest BCUT2D eigenvalue weighted by atomic mass is 32.1. The fourth-order valence-electron chi connectivity index (χ4n) is 4.19. The number of rotatable bonds is 4. The van der Waals surface area contributed by atoms with E-state index in [-0.39, 0.29) is 5.82 Å². The second kappa shape index (κ2) is 6.66. The predicted molar refractivity (Wildman–Crippen MR) is 108 cm³/mol. The first kappa shape index (κ1) is 16.3. The van der Waals surface area contributed by atoms with Gasteiger partial charge in [-0.25, -0.2) is 4.39 Å². The predicted octanol–water partition coefficient (Wildman–Crippen LogP) is 7.76. The molecule has 2 aliphatic carbocycles. The van der Waals surface area contributed by atoms with Crippen LogP contribution in [-0.2, 0) is 0 Å². The van der Waals surface area contributed by atoms with Gasteiger partial charge in [0, 0.05) is 15.3 Å². The molecule has 26 heavy (non-hydrogen) atoms. The van der Waals surface area contributed by atoms with Crippen LogP contribution < -0.4 is 0 Å². The first-order valence-corrected chi connectivity index (χ1v) is 10.6. The molecule has 2 aromatic carbocycles. The number of thiophene rings is 1. The van der Waals surface area contributed by atoms with Crippen molar-refractivity contribution in [2.24, 2.45) is 0 Å². The highest BCUT2D eigenvalue weighted by Gasteiger charge is 2.25. The molecule has 0 amide bonds. The van der Waals surface area contributed by atoms with Crippen molar-refractivity contribution in [3.63, 3.8) is 0 Å². The molecular weight excluding hydrogens is 339 g/mol. The van der Waals surface area contributed by atoms with Crippen LogP contribution in [0.2, 0.25) is 0 Å². The fraction of sp³-hybridized carbons (Fsp3) is 0.333. The van der Waals surface area contributed by atoms with Gasteiger partial charge in [-0.15, -0.1) is 11.3 Å². The van der Waals surface area contributed by atoms with Crippen LogP contribution in [0.25, 0.3) is 21.6 Å². The van der Waals surface area contributed by atoms with Gasteiger partial charge in [0.25, 0.3) is 0 Å². The van der Waals surface area contributed by atoms with Crippen LogP contribution in [0.5, 0.6) is 0 Å². The molecule has 0 atom stereocenters. The summed E-state index contributed by atoms with van der Waals surface area (Å²) in [6, 6.07) is 18.7. The maximum atomic E-state index is 14.8. The minimum atomic E-state index is -0.119. The Bertz CT molecular complexity index is 912. The molecule has 0 N–H and O–H groups in total. The molecule has 3 aromatic rings. The smallest absolute Gasteiger partial charge is 0.132 e. The topological polar surface area (TPSA) is 0 Å². The van der Waals surface area contributed by atoms with E-state index in [1.54, 1.807) is 17.4 Å². The summed E-state index contributed by atoms with van der Waals surface area (Å²) in [4.78, 5) is 2.46. The molecule has 2 saturated carbocycles. The van der Waals surface area contributed by atoms with Gasteiger partial charge in [-0.05, 0) is 78.5 Å². The van der Waals surface area contributed by atoms with Gasteiger partial charge in [0.05, 0.1) is 0 Å². The summed E-state index contributed by atoms with van der Waals surface area (Å²) in [5, 5.41) is 0. The van der Waals surface area contributed by atoms with Crippen molar-refractivity contribution in [3.8, 4) is 21.6 Å². The standard InChI is InChI=1S/C24H23FS/c25-22-15-20(18-7-5-17(6-8-18)16-3-1-2-4-16)11-12-21(22)24-14-13-23(26-24)19-9-10-19/h5-8,11-16,19H,1-4,9-10H2. The van der Waals surface area contributed by atoms with Gasteiger partial charge in [0.15, 0.2) is 0 Å². The molecule has 0 aliphatic heterocycles. The summed E-state index contributed by atoms with van der Waals surface area (Å²) >= 11 is 1.75. The Morgan fingerprint density at radius 3 is 2.15 bits per heavy atom. The van der Waals surface area contributed by atoms with Gasteiger partial charge in [-0.1, -0.05) is 43.2 Å². The van der Waals surface area contributed by atoms with E-state index in [4.69, 9.17) is 0 Å². The van der Waals surface area contributed by atoms with E-state index in [0.29, 0.717) is 0 Å². The van der Waals surface area contributed by atoms with E-state index in [1.807, 2.05) is 6.07 Å². The SMILES string of the molecule is Fc1cc(-c2ccc(C3CCCC3)cc2)ccc1-c1ccc(C2CC2)s1. The average molecular weight is 363 g/mol. The highest BCUT2D eigenvalue weighted by Crippen LogP contribution is 2.45. The van der Waals surface area contributed by atoms with Crippen LogP contribution in [0.1, 0.15) is 60.8 Å². The molecule has 132 valence electrons. The Hall–Kier alpha value is -1.93.